The van der Waals surface area contributed by atoms with Crippen LogP contribution >= 0.6 is 0 Å². The van der Waals surface area contributed by atoms with Gasteiger partial charge in [-0.15, -0.1) is 0 Å². The molecule has 0 amide bonds. The van der Waals surface area contributed by atoms with Gasteiger partial charge in [0, 0.05) is 12.8 Å². The topological polar surface area (TPSA) is 57.9 Å². The maximum Gasteiger partial charge on any atom is 0.123 e. The van der Waals surface area contributed by atoms with Crippen LogP contribution in [0.5, 0.6) is 0 Å². The summed E-state index contributed by atoms with van der Waals surface area (Å²) in [5.41, 5.74) is -0.687. The Bertz CT molecular complexity index is 410. The fraction of sp³-hybridized carbons (Fsp3) is 0.250. The fourth-order valence-corrected chi connectivity index (χ4v) is 1.53. The first-order valence-electron chi connectivity index (χ1n) is 4.73. The molecule has 1 aromatic rings. The van der Waals surface area contributed by atoms with Crippen molar-refractivity contribution < 1.29 is 14.0 Å². The molecule has 1 aromatic carbocycles. The van der Waals surface area contributed by atoms with Gasteiger partial charge in [-0.2, -0.15) is 5.26 Å². The van der Waals surface area contributed by atoms with Crippen molar-refractivity contribution in [2.45, 2.75) is 18.3 Å². The van der Waals surface area contributed by atoms with Crippen LogP contribution < -0.4 is 0 Å². The van der Waals surface area contributed by atoms with Gasteiger partial charge in [-0.05, 0) is 17.7 Å². The van der Waals surface area contributed by atoms with Gasteiger partial charge in [0.2, 0.25) is 0 Å². The second-order valence-electron chi connectivity index (χ2n) is 3.44. The molecule has 0 spiro atoms. The predicted molar refractivity (Wildman–Crippen MR) is 55.1 cm³/mol. The largest absolute Gasteiger partial charge is 0.303 e. The van der Waals surface area contributed by atoms with E-state index in [1.807, 2.05) is 6.07 Å². The summed E-state index contributed by atoms with van der Waals surface area (Å²) in [7, 11) is 0. The van der Waals surface area contributed by atoms with E-state index < -0.39 is 11.2 Å². The number of benzene rings is 1. The Labute approximate surface area is 92.5 Å². The lowest BCUT2D eigenvalue weighted by Crippen LogP contribution is -2.25. The van der Waals surface area contributed by atoms with Gasteiger partial charge in [-0.3, -0.25) is 0 Å². The summed E-state index contributed by atoms with van der Waals surface area (Å²) < 4.78 is 12.7. The third kappa shape index (κ3) is 2.31. The molecular weight excluding hydrogens is 209 g/mol. The summed E-state index contributed by atoms with van der Waals surface area (Å²) in [4.78, 5) is 21.1. The Balaban J connectivity index is 3.18. The number of aldehydes is 2. The molecule has 0 radical (unpaired) electrons. The molecule has 0 bridgehead atoms. The van der Waals surface area contributed by atoms with E-state index in [2.05, 4.69) is 0 Å². The molecule has 0 aliphatic carbocycles. The molecule has 0 N–H and O–H groups in total. The van der Waals surface area contributed by atoms with Gasteiger partial charge < -0.3 is 9.59 Å². The monoisotopic (exact) mass is 219 g/mol. The van der Waals surface area contributed by atoms with Crippen molar-refractivity contribution in [3.8, 4) is 6.07 Å². The molecule has 4 heteroatoms. The number of carbonyl (C=O) groups is 2. The number of carbonyl (C=O) groups excluding carboxylic acids is 2. The minimum atomic E-state index is -1.17. The van der Waals surface area contributed by atoms with E-state index in [0.717, 1.165) is 0 Å². The second-order valence-corrected chi connectivity index (χ2v) is 3.44. The van der Waals surface area contributed by atoms with E-state index in [1.165, 1.54) is 24.3 Å². The number of hydrogen-bond donors (Lipinski definition) is 0. The minimum absolute atomic E-state index is 0.0755. The van der Waals surface area contributed by atoms with Crippen molar-refractivity contribution in [3.05, 3.63) is 35.6 Å². The average Bonchev–Trinajstić information content (AvgIpc) is 2.29. The highest BCUT2D eigenvalue weighted by molar-refractivity contribution is 5.62. The number of hydrogen-bond acceptors (Lipinski definition) is 3. The Morgan fingerprint density at radius 2 is 1.69 bits per heavy atom. The summed E-state index contributed by atoms with van der Waals surface area (Å²) in [6, 6.07) is 7.22. The molecule has 16 heavy (non-hydrogen) atoms. The summed E-state index contributed by atoms with van der Waals surface area (Å²) in [5.74, 6) is -0.423. The van der Waals surface area contributed by atoms with Crippen LogP contribution in [0.4, 0.5) is 4.39 Å². The lowest BCUT2D eigenvalue weighted by molar-refractivity contribution is -0.110. The van der Waals surface area contributed by atoms with E-state index in [-0.39, 0.29) is 12.8 Å². The molecule has 0 aliphatic heterocycles. The lowest BCUT2D eigenvalue weighted by atomic mass is 9.77. The van der Waals surface area contributed by atoms with Gasteiger partial charge in [-0.25, -0.2) is 4.39 Å². The second kappa shape index (κ2) is 5.17. The quantitative estimate of drug-likeness (QED) is 0.709. The van der Waals surface area contributed by atoms with Gasteiger partial charge in [0.05, 0.1) is 11.5 Å². The van der Waals surface area contributed by atoms with E-state index in [0.29, 0.717) is 18.1 Å². The smallest absolute Gasteiger partial charge is 0.123 e. The Hall–Kier alpha value is -2.02. The average molecular weight is 219 g/mol. The molecule has 0 heterocycles. The predicted octanol–water partition coefficient (Wildman–Crippen LogP) is 1.77. The molecule has 0 atom stereocenters. The van der Waals surface area contributed by atoms with Crippen LogP contribution in [-0.2, 0) is 15.0 Å². The molecule has 0 aromatic heterocycles. The first kappa shape index (κ1) is 12.1. The number of nitriles is 1. The van der Waals surface area contributed by atoms with Crippen LogP contribution in [0, 0.1) is 17.1 Å². The van der Waals surface area contributed by atoms with Crippen LogP contribution in [0.25, 0.3) is 0 Å². The number of rotatable bonds is 5. The van der Waals surface area contributed by atoms with E-state index in [1.54, 1.807) is 0 Å². The maximum absolute atomic E-state index is 12.7. The molecule has 0 fully saturated rings. The summed E-state index contributed by atoms with van der Waals surface area (Å²) in [6.07, 6.45) is 1.04. The number of nitrogens with zero attached hydrogens (tertiary/aromatic N) is 1. The highest BCUT2D eigenvalue weighted by Gasteiger charge is 2.31. The summed E-state index contributed by atoms with van der Waals surface area (Å²) in [5, 5.41) is 9.10. The standard InChI is InChI=1S/C12H10FNO2/c13-11-3-1-10(2-4-11)12(9-14,5-7-15)6-8-16/h1-4,7-8H,5-6H2. The SMILES string of the molecule is N#CC(CC=O)(CC=O)c1ccc(F)cc1. The van der Waals surface area contributed by atoms with E-state index in [9.17, 15) is 14.0 Å². The van der Waals surface area contributed by atoms with Gasteiger partial charge in [0.25, 0.3) is 0 Å². The van der Waals surface area contributed by atoms with Gasteiger partial charge in [0.15, 0.2) is 0 Å². The molecular formula is C12H10FNO2. The molecule has 3 nitrogen and oxygen atoms in total. The van der Waals surface area contributed by atoms with Crippen LogP contribution in [-0.4, -0.2) is 12.6 Å². The molecule has 0 saturated carbocycles. The third-order valence-electron chi connectivity index (χ3n) is 2.47. The third-order valence-corrected chi connectivity index (χ3v) is 2.47. The fourth-order valence-electron chi connectivity index (χ4n) is 1.53. The molecule has 0 unspecified atom stereocenters. The van der Waals surface area contributed by atoms with Crippen LogP contribution in [0.3, 0.4) is 0 Å². The van der Waals surface area contributed by atoms with Crippen LogP contribution in [0.15, 0.2) is 24.3 Å². The van der Waals surface area contributed by atoms with E-state index in [4.69, 9.17) is 5.26 Å². The Morgan fingerprint density at radius 1 is 1.19 bits per heavy atom. The Morgan fingerprint density at radius 3 is 2.06 bits per heavy atom. The lowest BCUT2D eigenvalue weighted by Gasteiger charge is -2.22. The number of halogens is 1. The minimum Gasteiger partial charge on any atom is -0.303 e. The molecule has 0 aliphatic rings. The van der Waals surface area contributed by atoms with E-state index >= 15 is 0 Å². The molecule has 82 valence electrons. The summed E-state index contributed by atoms with van der Waals surface area (Å²) >= 11 is 0. The zero-order chi connectivity index (χ0) is 12.0. The zero-order valence-electron chi connectivity index (χ0n) is 8.52. The first-order chi connectivity index (χ1) is 7.68. The zero-order valence-corrected chi connectivity index (χ0v) is 8.52. The normalized spacial score (nSPS) is 10.5. The van der Waals surface area contributed by atoms with Crippen molar-refractivity contribution in [1.29, 1.82) is 5.26 Å². The highest BCUT2D eigenvalue weighted by Crippen LogP contribution is 2.29. The Kier molecular flexibility index (Phi) is 3.90. The molecule has 1 rings (SSSR count). The van der Waals surface area contributed by atoms with Crippen molar-refractivity contribution in [2.75, 3.05) is 0 Å². The highest BCUT2D eigenvalue weighted by atomic mass is 19.1. The van der Waals surface area contributed by atoms with Crippen LogP contribution in [0.2, 0.25) is 0 Å². The van der Waals surface area contributed by atoms with Gasteiger partial charge in [-0.1, -0.05) is 12.1 Å². The maximum atomic E-state index is 12.7. The molecule has 0 saturated heterocycles. The van der Waals surface area contributed by atoms with Crippen molar-refractivity contribution >= 4 is 12.6 Å². The first-order valence-corrected chi connectivity index (χ1v) is 4.73. The van der Waals surface area contributed by atoms with Crippen molar-refractivity contribution in [1.82, 2.24) is 0 Å². The van der Waals surface area contributed by atoms with Crippen LogP contribution in [0.1, 0.15) is 18.4 Å². The summed E-state index contributed by atoms with van der Waals surface area (Å²) in [6.45, 7) is 0. The van der Waals surface area contributed by atoms with Crippen molar-refractivity contribution in [3.63, 3.8) is 0 Å². The van der Waals surface area contributed by atoms with Gasteiger partial charge in [0.1, 0.15) is 18.4 Å². The van der Waals surface area contributed by atoms with Gasteiger partial charge >= 0.3 is 0 Å². The van der Waals surface area contributed by atoms with Crippen molar-refractivity contribution in [2.24, 2.45) is 0 Å².